The zero-order valence-corrected chi connectivity index (χ0v) is 17.2. The van der Waals surface area contributed by atoms with E-state index >= 15 is 0 Å². The lowest BCUT2D eigenvalue weighted by Gasteiger charge is -2.15. The van der Waals surface area contributed by atoms with Gasteiger partial charge in [0.25, 0.3) is 5.56 Å². The summed E-state index contributed by atoms with van der Waals surface area (Å²) in [7, 11) is 0. The molecule has 0 unspecified atom stereocenters. The van der Waals surface area contributed by atoms with Crippen LogP contribution in [0.25, 0.3) is 10.8 Å². The molecule has 0 saturated heterocycles. The van der Waals surface area contributed by atoms with Gasteiger partial charge in [0, 0.05) is 17.3 Å². The molecule has 1 amide bonds. The molecule has 7 heteroatoms. The van der Waals surface area contributed by atoms with Crippen LogP contribution >= 0.6 is 0 Å². The Hall–Kier alpha value is -3.61. The zero-order chi connectivity index (χ0) is 21.7. The Labute approximate surface area is 174 Å². The number of anilines is 1. The molecule has 0 aliphatic carbocycles. The van der Waals surface area contributed by atoms with E-state index < -0.39 is 12.1 Å². The molecule has 0 bridgehead atoms. The number of para-hydroxylation sites is 1. The lowest BCUT2D eigenvalue weighted by atomic mass is 10.1. The van der Waals surface area contributed by atoms with Gasteiger partial charge < -0.3 is 19.4 Å². The number of hydrogen-bond acceptors (Lipinski definition) is 5. The van der Waals surface area contributed by atoms with Crippen molar-refractivity contribution in [3.8, 4) is 5.75 Å². The molecule has 0 spiro atoms. The molecule has 1 heterocycles. The summed E-state index contributed by atoms with van der Waals surface area (Å²) in [5.74, 6) is -0.369. The Morgan fingerprint density at radius 2 is 1.83 bits per heavy atom. The van der Waals surface area contributed by atoms with Crippen LogP contribution in [-0.4, -0.2) is 29.2 Å². The van der Waals surface area contributed by atoms with E-state index in [1.54, 1.807) is 44.3 Å². The molecule has 3 rings (SSSR count). The van der Waals surface area contributed by atoms with Gasteiger partial charge in [-0.3, -0.25) is 9.59 Å². The van der Waals surface area contributed by atoms with E-state index in [0.717, 1.165) is 5.56 Å². The summed E-state index contributed by atoms with van der Waals surface area (Å²) in [5, 5.41) is 3.78. The van der Waals surface area contributed by atoms with Crippen molar-refractivity contribution in [2.24, 2.45) is 0 Å². The number of ether oxygens (including phenoxy) is 2. The predicted molar refractivity (Wildman–Crippen MR) is 115 cm³/mol. The number of amides is 1. The lowest BCUT2D eigenvalue weighted by Crippen LogP contribution is -2.28. The highest BCUT2D eigenvalue weighted by molar-refractivity contribution is 5.92. The molecule has 1 aromatic heterocycles. The number of carbonyl (C=O) groups excluding carboxylic acids is 2. The maximum atomic E-state index is 12.9. The Morgan fingerprint density at radius 3 is 2.57 bits per heavy atom. The van der Waals surface area contributed by atoms with Gasteiger partial charge in [-0.05, 0) is 50.6 Å². The smallest absolute Gasteiger partial charge is 0.347 e. The highest BCUT2D eigenvalue weighted by Gasteiger charge is 2.18. The molecule has 30 heavy (non-hydrogen) atoms. The molecule has 2 aromatic carbocycles. The molecule has 0 radical (unpaired) electrons. The molecule has 3 aromatic rings. The zero-order valence-electron chi connectivity index (χ0n) is 17.2. The highest BCUT2D eigenvalue weighted by atomic mass is 16.6. The number of nitrogens with zero attached hydrogens (tertiary/aromatic N) is 1. The normalized spacial score (nSPS) is 11.7. The quantitative estimate of drug-likeness (QED) is 0.607. The van der Waals surface area contributed by atoms with Gasteiger partial charge in [0.05, 0.1) is 12.0 Å². The Bertz CT molecular complexity index is 1140. The van der Waals surface area contributed by atoms with Gasteiger partial charge in [-0.25, -0.2) is 4.79 Å². The summed E-state index contributed by atoms with van der Waals surface area (Å²) in [4.78, 5) is 37.2. The fourth-order valence-corrected chi connectivity index (χ4v) is 3.07. The van der Waals surface area contributed by atoms with Crippen molar-refractivity contribution in [1.82, 2.24) is 4.57 Å². The van der Waals surface area contributed by atoms with Crippen LogP contribution in [0.3, 0.4) is 0 Å². The van der Waals surface area contributed by atoms with Crippen LogP contribution in [0, 0.1) is 6.92 Å². The number of aryl methyl sites for hydroxylation is 1. The number of benzene rings is 2. The van der Waals surface area contributed by atoms with Gasteiger partial charge in [0.15, 0.2) is 6.10 Å². The maximum Gasteiger partial charge on any atom is 0.347 e. The second-order valence-corrected chi connectivity index (χ2v) is 6.84. The number of esters is 1. The van der Waals surface area contributed by atoms with Crippen molar-refractivity contribution < 1.29 is 19.1 Å². The maximum absolute atomic E-state index is 12.9. The summed E-state index contributed by atoms with van der Waals surface area (Å²) in [6, 6.07) is 14.2. The molecule has 7 nitrogen and oxygen atoms in total. The average Bonchev–Trinajstić information content (AvgIpc) is 2.72. The van der Waals surface area contributed by atoms with Crippen LogP contribution < -0.4 is 15.6 Å². The SMILES string of the molecule is CCOC(=O)[C@H](C)Oc1cccc2c(=O)n(CC(=O)Nc3ccccc3C)ccc12. The fourth-order valence-electron chi connectivity index (χ4n) is 3.07. The predicted octanol–water partition coefficient (Wildman–Crippen LogP) is 3.28. The van der Waals surface area contributed by atoms with E-state index in [2.05, 4.69) is 5.32 Å². The van der Waals surface area contributed by atoms with Crippen LogP contribution in [-0.2, 0) is 20.9 Å². The molecular formula is C23H24N2O5. The van der Waals surface area contributed by atoms with Gasteiger partial charge in [-0.1, -0.05) is 24.3 Å². The first kappa shape index (κ1) is 21.1. The van der Waals surface area contributed by atoms with Crippen LogP contribution in [0.15, 0.2) is 59.5 Å². The van der Waals surface area contributed by atoms with Gasteiger partial charge >= 0.3 is 5.97 Å². The second-order valence-electron chi connectivity index (χ2n) is 6.84. The third-order valence-corrected chi connectivity index (χ3v) is 4.63. The first-order chi connectivity index (χ1) is 14.4. The summed E-state index contributed by atoms with van der Waals surface area (Å²) in [6.45, 7) is 5.36. The fraction of sp³-hybridized carbons (Fsp3) is 0.261. The van der Waals surface area contributed by atoms with Crippen LogP contribution in [0.1, 0.15) is 19.4 Å². The second kappa shape index (κ2) is 9.26. The highest BCUT2D eigenvalue weighted by Crippen LogP contribution is 2.24. The average molecular weight is 408 g/mol. The molecule has 1 atom stereocenters. The minimum atomic E-state index is -0.808. The number of fused-ring (bicyclic) bond motifs is 1. The van der Waals surface area contributed by atoms with Crippen molar-refractivity contribution in [2.45, 2.75) is 33.4 Å². The molecule has 1 N–H and O–H groups in total. The van der Waals surface area contributed by atoms with Crippen molar-refractivity contribution in [3.63, 3.8) is 0 Å². The van der Waals surface area contributed by atoms with E-state index in [9.17, 15) is 14.4 Å². The van der Waals surface area contributed by atoms with Crippen LogP contribution in [0.2, 0.25) is 0 Å². The topological polar surface area (TPSA) is 86.6 Å². The molecular weight excluding hydrogens is 384 g/mol. The number of carbonyl (C=O) groups is 2. The molecule has 0 aliphatic heterocycles. The first-order valence-corrected chi connectivity index (χ1v) is 9.71. The van der Waals surface area contributed by atoms with Gasteiger partial charge in [0.2, 0.25) is 5.91 Å². The Morgan fingerprint density at radius 1 is 1.07 bits per heavy atom. The minimum absolute atomic E-state index is 0.118. The number of pyridine rings is 1. The van der Waals surface area contributed by atoms with Crippen molar-refractivity contribution >= 4 is 28.3 Å². The molecule has 0 aliphatic rings. The van der Waals surface area contributed by atoms with Crippen molar-refractivity contribution in [1.29, 1.82) is 0 Å². The minimum Gasteiger partial charge on any atom is -0.478 e. The third-order valence-electron chi connectivity index (χ3n) is 4.63. The first-order valence-electron chi connectivity index (χ1n) is 9.71. The third kappa shape index (κ3) is 4.68. The standard InChI is InChI=1S/C23H24N2O5/c1-4-29-23(28)16(3)30-20-11-7-9-18-17(20)12-13-25(22(18)27)14-21(26)24-19-10-6-5-8-15(19)2/h5-13,16H,4,14H2,1-3H3,(H,24,26)/t16-/m0/s1. The molecule has 156 valence electrons. The largest absolute Gasteiger partial charge is 0.478 e. The Balaban J connectivity index is 1.82. The number of hydrogen-bond donors (Lipinski definition) is 1. The van der Waals surface area contributed by atoms with E-state index in [1.807, 2.05) is 31.2 Å². The summed E-state index contributed by atoms with van der Waals surface area (Å²) in [5.41, 5.74) is 1.33. The summed E-state index contributed by atoms with van der Waals surface area (Å²) in [6.07, 6.45) is 0.738. The van der Waals surface area contributed by atoms with Crippen molar-refractivity contribution in [2.75, 3.05) is 11.9 Å². The van der Waals surface area contributed by atoms with E-state index in [1.165, 1.54) is 4.57 Å². The van der Waals surface area contributed by atoms with E-state index in [4.69, 9.17) is 9.47 Å². The molecule has 0 fully saturated rings. The van der Waals surface area contributed by atoms with E-state index in [-0.39, 0.29) is 24.6 Å². The van der Waals surface area contributed by atoms with Crippen molar-refractivity contribution in [3.05, 3.63) is 70.6 Å². The lowest BCUT2D eigenvalue weighted by molar-refractivity contribution is -0.150. The van der Waals surface area contributed by atoms with Gasteiger partial charge in [0.1, 0.15) is 12.3 Å². The van der Waals surface area contributed by atoms with Crippen LogP contribution in [0.5, 0.6) is 5.75 Å². The number of rotatable bonds is 7. The Kier molecular flexibility index (Phi) is 6.51. The van der Waals surface area contributed by atoms with Gasteiger partial charge in [-0.15, -0.1) is 0 Å². The molecule has 0 saturated carbocycles. The monoisotopic (exact) mass is 408 g/mol. The van der Waals surface area contributed by atoms with Gasteiger partial charge in [-0.2, -0.15) is 0 Å². The number of aromatic nitrogens is 1. The van der Waals surface area contributed by atoms with Crippen LogP contribution in [0.4, 0.5) is 5.69 Å². The number of nitrogens with one attached hydrogen (secondary N) is 1. The van der Waals surface area contributed by atoms with E-state index in [0.29, 0.717) is 22.2 Å². The summed E-state index contributed by atoms with van der Waals surface area (Å²) < 4.78 is 12.0. The summed E-state index contributed by atoms with van der Waals surface area (Å²) >= 11 is 0.